The number of benzene rings is 3. The molecule has 200 valence electrons. The van der Waals surface area contributed by atoms with Crippen molar-refractivity contribution in [1.82, 2.24) is 15.0 Å². The van der Waals surface area contributed by atoms with E-state index >= 15 is 0 Å². The number of rotatable bonds is 6. The Bertz CT molecular complexity index is 1530. The van der Waals surface area contributed by atoms with Crippen LogP contribution in [0.15, 0.2) is 82.9 Å². The number of nitrogens with zero attached hydrogens (tertiary/aromatic N) is 3. The lowest BCUT2D eigenvalue weighted by Crippen LogP contribution is -2.24. The molecule has 0 spiro atoms. The number of hydrazone groups is 1. The van der Waals surface area contributed by atoms with Crippen molar-refractivity contribution < 1.29 is 17.9 Å². The van der Waals surface area contributed by atoms with E-state index in [2.05, 4.69) is 45.5 Å². The van der Waals surface area contributed by atoms with Crippen LogP contribution in [0.25, 0.3) is 22.6 Å². The van der Waals surface area contributed by atoms with Crippen LogP contribution in [-0.2, 0) is 5.88 Å². The van der Waals surface area contributed by atoms with E-state index in [-0.39, 0.29) is 5.75 Å². The highest BCUT2D eigenvalue weighted by Crippen LogP contribution is 2.40. The van der Waals surface area contributed by atoms with Gasteiger partial charge in [-0.1, -0.05) is 38.1 Å². The molecule has 0 aliphatic carbocycles. The van der Waals surface area contributed by atoms with E-state index in [9.17, 15) is 13.2 Å². The van der Waals surface area contributed by atoms with Gasteiger partial charge in [0.05, 0.1) is 24.0 Å². The van der Waals surface area contributed by atoms with Crippen molar-refractivity contribution in [3.05, 3.63) is 84.1 Å². The molecule has 0 bridgehead atoms. The molecule has 0 amide bonds. The number of hydrogen-bond donors (Lipinski definition) is 2. The van der Waals surface area contributed by atoms with E-state index in [1.807, 2.05) is 41.0 Å². The SMILES string of the molecule is CC(C)c1ccccc1NC(=S)NN=Cc1ccc2c(c1)SCn1c(-c3ccc(OC(F)(F)F)cc3)cnc1-2. The first kappa shape index (κ1) is 26.8. The summed E-state index contributed by atoms with van der Waals surface area (Å²) in [5.74, 6) is 1.51. The summed E-state index contributed by atoms with van der Waals surface area (Å²) in [6.45, 7) is 4.26. The lowest BCUT2D eigenvalue weighted by molar-refractivity contribution is -0.274. The quantitative estimate of drug-likeness (QED) is 0.142. The molecule has 2 heterocycles. The van der Waals surface area contributed by atoms with Crippen molar-refractivity contribution in [3.8, 4) is 28.4 Å². The zero-order valence-corrected chi connectivity index (χ0v) is 22.6. The van der Waals surface area contributed by atoms with E-state index in [0.29, 0.717) is 16.9 Å². The summed E-state index contributed by atoms with van der Waals surface area (Å²) in [5, 5.41) is 7.89. The van der Waals surface area contributed by atoms with E-state index in [1.54, 1.807) is 36.3 Å². The molecule has 1 aliphatic heterocycles. The topological polar surface area (TPSA) is 63.5 Å². The number of halogens is 3. The molecule has 11 heteroatoms. The molecule has 6 nitrogen and oxygen atoms in total. The minimum Gasteiger partial charge on any atom is -0.406 e. The van der Waals surface area contributed by atoms with Crippen molar-refractivity contribution in [2.45, 2.75) is 36.9 Å². The first-order chi connectivity index (χ1) is 18.7. The van der Waals surface area contributed by atoms with E-state index < -0.39 is 6.36 Å². The van der Waals surface area contributed by atoms with Gasteiger partial charge in [0.1, 0.15) is 11.6 Å². The lowest BCUT2D eigenvalue weighted by atomic mass is 10.0. The van der Waals surface area contributed by atoms with Crippen LogP contribution in [-0.4, -0.2) is 27.2 Å². The van der Waals surface area contributed by atoms with E-state index in [4.69, 9.17) is 12.2 Å². The number of alkyl halides is 3. The zero-order chi connectivity index (χ0) is 27.6. The highest BCUT2D eigenvalue weighted by Gasteiger charge is 2.31. The molecule has 1 aromatic heterocycles. The fourth-order valence-corrected chi connectivity index (χ4v) is 5.49. The molecule has 0 saturated heterocycles. The normalized spacial score (nSPS) is 12.8. The Morgan fingerprint density at radius 2 is 1.90 bits per heavy atom. The molecule has 0 radical (unpaired) electrons. The Morgan fingerprint density at radius 3 is 2.64 bits per heavy atom. The minimum absolute atomic E-state index is 0.259. The molecule has 0 atom stereocenters. The highest BCUT2D eigenvalue weighted by molar-refractivity contribution is 7.98. The van der Waals surface area contributed by atoms with Gasteiger partial charge < -0.3 is 14.6 Å². The molecular weight excluding hydrogens is 543 g/mol. The number of hydrogen-bond acceptors (Lipinski definition) is 5. The summed E-state index contributed by atoms with van der Waals surface area (Å²) < 4.78 is 43.4. The smallest absolute Gasteiger partial charge is 0.406 e. The van der Waals surface area contributed by atoms with Gasteiger partial charge in [0.25, 0.3) is 0 Å². The summed E-state index contributed by atoms with van der Waals surface area (Å²) in [7, 11) is 0. The fraction of sp³-hybridized carbons (Fsp3) is 0.179. The molecule has 4 aromatic rings. The molecule has 3 aromatic carbocycles. The van der Waals surface area contributed by atoms with Crippen LogP contribution in [0.2, 0.25) is 0 Å². The summed E-state index contributed by atoms with van der Waals surface area (Å²) in [6, 6.07) is 19.8. The predicted molar refractivity (Wildman–Crippen MR) is 153 cm³/mol. The van der Waals surface area contributed by atoms with Crippen LogP contribution in [0, 0.1) is 0 Å². The van der Waals surface area contributed by atoms with Crippen LogP contribution in [0.5, 0.6) is 5.75 Å². The van der Waals surface area contributed by atoms with Gasteiger partial charge in [0.15, 0.2) is 5.11 Å². The summed E-state index contributed by atoms with van der Waals surface area (Å²) in [6.07, 6.45) is -1.28. The van der Waals surface area contributed by atoms with Crippen molar-refractivity contribution in [2.24, 2.45) is 5.10 Å². The highest BCUT2D eigenvalue weighted by atomic mass is 32.2. The average Bonchev–Trinajstić information content (AvgIpc) is 3.33. The third-order valence-electron chi connectivity index (χ3n) is 6.05. The monoisotopic (exact) mass is 567 g/mol. The van der Waals surface area contributed by atoms with Crippen LogP contribution in [0.3, 0.4) is 0 Å². The number of nitrogens with one attached hydrogen (secondary N) is 2. The number of aromatic nitrogens is 2. The third-order valence-corrected chi connectivity index (χ3v) is 7.28. The van der Waals surface area contributed by atoms with Crippen molar-refractivity contribution in [2.75, 3.05) is 5.32 Å². The lowest BCUT2D eigenvalue weighted by Gasteiger charge is -2.20. The number of ether oxygens (including phenoxy) is 1. The van der Waals surface area contributed by atoms with Crippen LogP contribution >= 0.6 is 24.0 Å². The Balaban J connectivity index is 1.26. The molecule has 5 rings (SSSR count). The third kappa shape index (κ3) is 6.26. The second-order valence-electron chi connectivity index (χ2n) is 9.06. The van der Waals surface area contributed by atoms with Gasteiger partial charge >= 0.3 is 6.36 Å². The molecule has 0 saturated carbocycles. The molecule has 0 unspecified atom stereocenters. The Hall–Kier alpha value is -3.83. The zero-order valence-electron chi connectivity index (χ0n) is 21.0. The van der Waals surface area contributed by atoms with E-state index in [1.165, 1.54) is 17.7 Å². The van der Waals surface area contributed by atoms with Gasteiger partial charge in [0, 0.05) is 21.7 Å². The Morgan fingerprint density at radius 1 is 1.13 bits per heavy atom. The number of fused-ring (bicyclic) bond motifs is 3. The van der Waals surface area contributed by atoms with Crippen LogP contribution < -0.4 is 15.5 Å². The van der Waals surface area contributed by atoms with Crippen LogP contribution in [0.1, 0.15) is 30.9 Å². The van der Waals surface area contributed by atoms with Crippen molar-refractivity contribution in [1.29, 1.82) is 0 Å². The number of thioether (sulfide) groups is 1. The van der Waals surface area contributed by atoms with Crippen LogP contribution in [0.4, 0.5) is 18.9 Å². The molecule has 1 aliphatic rings. The summed E-state index contributed by atoms with van der Waals surface area (Å²) in [5.41, 5.74) is 8.44. The largest absolute Gasteiger partial charge is 0.573 e. The van der Waals surface area contributed by atoms with E-state index in [0.717, 1.165) is 38.8 Å². The number of imidazole rings is 1. The van der Waals surface area contributed by atoms with Gasteiger partial charge in [0.2, 0.25) is 0 Å². The standard InChI is InChI=1S/C28H24F3N5OS2/c1-17(2)21-5-3-4-6-23(21)34-27(38)35-33-14-18-7-12-22-25(13-18)39-16-36-24(15-32-26(22)36)19-8-10-20(11-9-19)37-28(29,30)31/h3-15,17H,16H2,1-2H3,(H2,34,35,38). The molecule has 2 N–H and O–H groups in total. The maximum Gasteiger partial charge on any atom is 0.573 e. The predicted octanol–water partition coefficient (Wildman–Crippen LogP) is 7.62. The van der Waals surface area contributed by atoms with Gasteiger partial charge in [-0.15, -0.1) is 24.9 Å². The number of thiocarbonyl (C=S) groups is 1. The maximum atomic E-state index is 12.5. The number of para-hydroxylation sites is 1. The van der Waals surface area contributed by atoms with Crippen molar-refractivity contribution in [3.63, 3.8) is 0 Å². The second-order valence-corrected chi connectivity index (χ2v) is 10.5. The second kappa shape index (κ2) is 11.1. The Labute approximate surface area is 233 Å². The molecule has 0 fully saturated rings. The van der Waals surface area contributed by atoms with Crippen molar-refractivity contribution >= 4 is 41.0 Å². The van der Waals surface area contributed by atoms with Gasteiger partial charge in [-0.3, -0.25) is 5.43 Å². The molecule has 39 heavy (non-hydrogen) atoms. The Kier molecular flexibility index (Phi) is 7.62. The fourth-order valence-electron chi connectivity index (χ4n) is 4.27. The van der Waals surface area contributed by atoms with Gasteiger partial charge in [-0.2, -0.15) is 5.10 Å². The van der Waals surface area contributed by atoms with Gasteiger partial charge in [-0.25, -0.2) is 4.98 Å². The number of anilines is 1. The first-order valence-electron chi connectivity index (χ1n) is 12.1. The maximum absolute atomic E-state index is 12.5. The summed E-state index contributed by atoms with van der Waals surface area (Å²) >= 11 is 7.05. The first-order valence-corrected chi connectivity index (χ1v) is 13.5. The minimum atomic E-state index is -4.72. The average molecular weight is 568 g/mol. The summed E-state index contributed by atoms with van der Waals surface area (Å²) in [4.78, 5) is 5.66. The van der Waals surface area contributed by atoms with Gasteiger partial charge in [-0.05, 0) is 71.7 Å². The molecular formula is C28H24F3N5OS2.